The molecule has 0 bridgehead atoms. The fourth-order valence-electron chi connectivity index (χ4n) is 1.06. The van der Waals surface area contributed by atoms with Gasteiger partial charge in [0, 0.05) is 33.2 Å². The fourth-order valence-corrected chi connectivity index (χ4v) is 1.35. The largest absolute Gasteiger partial charge is 0.278 e. The summed E-state index contributed by atoms with van der Waals surface area (Å²) in [5.74, 6) is 2.51. The first kappa shape index (κ1) is 13.3. The molecule has 16 heavy (non-hydrogen) atoms. The number of benzene rings is 1. The van der Waals surface area contributed by atoms with Crippen molar-refractivity contribution in [2.75, 3.05) is 13.7 Å². The highest BCUT2D eigenvalue weighted by Crippen LogP contribution is 2.11. The molecule has 0 atom stereocenters. The summed E-state index contributed by atoms with van der Waals surface area (Å²) in [6, 6.07) is 6.61. The maximum atomic E-state index is 11.9. The predicted molar refractivity (Wildman–Crippen MR) is 71.3 cm³/mol. The van der Waals surface area contributed by atoms with E-state index in [1.165, 1.54) is 12.2 Å². The third-order valence-corrected chi connectivity index (χ3v) is 2.46. The van der Waals surface area contributed by atoms with Gasteiger partial charge in [-0.3, -0.25) is 9.63 Å². The smallest absolute Gasteiger partial charge is 0.273 e. The average molecular weight is 350 g/mol. The lowest BCUT2D eigenvalue weighted by atomic mass is 10.2. The minimum Gasteiger partial charge on any atom is -0.273 e. The normalized spacial score (nSPS) is 9.19. The van der Waals surface area contributed by atoms with E-state index in [1.54, 1.807) is 24.3 Å². The van der Waals surface area contributed by atoms with Crippen molar-refractivity contribution in [1.82, 2.24) is 5.06 Å². The Balaban J connectivity index is 2.81. The summed E-state index contributed by atoms with van der Waals surface area (Å²) in [5.41, 5.74) is 0.515. The van der Waals surface area contributed by atoms with Crippen molar-refractivity contribution in [2.45, 2.75) is 0 Å². The van der Waals surface area contributed by atoms with E-state index >= 15 is 0 Å². The van der Waals surface area contributed by atoms with Crippen LogP contribution in [-0.2, 0) is 4.84 Å². The topological polar surface area (TPSA) is 29.5 Å². The first-order valence-corrected chi connectivity index (χ1v) is 5.84. The Bertz CT molecular complexity index is 422. The third kappa shape index (κ3) is 3.67. The second-order valence-electron chi connectivity index (χ2n) is 2.80. The summed E-state index contributed by atoms with van der Waals surface area (Å²) in [6.45, 7) is 0.237. The van der Waals surface area contributed by atoms with Crippen LogP contribution in [0.2, 0.25) is 5.02 Å². The van der Waals surface area contributed by atoms with Crippen LogP contribution in [0.5, 0.6) is 0 Å². The molecule has 0 aliphatic carbocycles. The molecule has 0 heterocycles. The van der Waals surface area contributed by atoms with E-state index in [0.29, 0.717) is 10.6 Å². The Morgan fingerprint density at radius 1 is 1.50 bits per heavy atom. The zero-order chi connectivity index (χ0) is 12.0. The number of carbonyl (C=O) groups excluding carboxylic acids is 1. The van der Waals surface area contributed by atoms with E-state index < -0.39 is 0 Å². The summed E-state index contributed by atoms with van der Waals surface area (Å²) in [4.78, 5) is 16.8. The van der Waals surface area contributed by atoms with E-state index in [4.69, 9.17) is 16.4 Å². The number of halogens is 2. The lowest BCUT2D eigenvalue weighted by Gasteiger charge is -2.16. The van der Waals surface area contributed by atoms with E-state index in [2.05, 4.69) is 9.85 Å². The van der Waals surface area contributed by atoms with Crippen LogP contribution >= 0.6 is 34.2 Å². The zero-order valence-corrected chi connectivity index (χ0v) is 11.4. The first-order valence-electron chi connectivity index (χ1n) is 4.39. The van der Waals surface area contributed by atoms with E-state index in [9.17, 15) is 4.79 Å². The molecule has 1 rings (SSSR count). The van der Waals surface area contributed by atoms with Crippen molar-refractivity contribution in [3.63, 3.8) is 0 Å². The minimum atomic E-state index is -0.238. The van der Waals surface area contributed by atoms with Crippen LogP contribution in [0.4, 0.5) is 0 Å². The Kier molecular flexibility index (Phi) is 5.60. The molecule has 0 aliphatic rings. The quantitative estimate of drug-likeness (QED) is 0.477. The van der Waals surface area contributed by atoms with Gasteiger partial charge in [0.1, 0.15) is 6.54 Å². The maximum Gasteiger partial charge on any atom is 0.278 e. The van der Waals surface area contributed by atoms with Gasteiger partial charge < -0.3 is 0 Å². The minimum absolute atomic E-state index is 0.237. The van der Waals surface area contributed by atoms with Gasteiger partial charge >= 0.3 is 0 Å². The molecule has 0 spiro atoms. The van der Waals surface area contributed by atoms with Crippen molar-refractivity contribution in [3.05, 3.63) is 34.9 Å². The predicted octanol–water partition coefficient (Wildman–Crippen LogP) is 2.74. The van der Waals surface area contributed by atoms with E-state index in [0.717, 1.165) is 0 Å². The van der Waals surface area contributed by atoms with Crippen LogP contribution in [0.1, 0.15) is 10.4 Å². The number of amides is 1. The van der Waals surface area contributed by atoms with Crippen molar-refractivity contribution in [3.8, 4) is 9.85 Å². The summed E-state index contributed by atoms with van der Waals surface area (Å²) in [6.07, 6.45) is 0. The van der Waals surface area contributed by atoms with Crippen molar-refractivity contribution in [1.29, 1.82) is 0 Å². The molecule has 0 fully saturated rings. The van der Waals surface area contributed by atoms with Crippen molar-refractivity contribution in [2.24, 2.45) is 0 Å². The van der Waals surface area contributed by atoms with Crippen molar-refractivity contribution < 1.29 is 9.63 Å². The fraction of sp³-hybridized carbons (Fsp3) is 0.182. The Morgan fingerprint density at radius 3 is 2.62 bits per heavy atom. The molecule has 0 saturated heterocycles. The second-order valence-corrected chi connectivity index (χ2v) is 3.78. The molecule has 5 heteroatoms. The molecular weight excluding hydrogens is 340 g/mol. The molecule has 1 aromatic carbocycles. The number of rotatable bonds is 3. The van der Waals surface area contributed by atoms with Gasteiger partial charge in [0.05, 0.1) is 7.11 Å². The Morgan fingerprint density at radius 2 is 2.12 bits per heavy atom. The summed E-state index contributed by atoms with van der Waals surface area (Å²) < 4.78 is 2.67. The monoisotopic (exact) mass is 349 g/mol. The molecule has 1 amide bonds. The molecule has 3 nitrogen and oxygen atoms in total. The first-order chi connectivity index (χ1) is 7.69. The lowest BCUT2D eigenvalue weighted by molar-refractivity contribution is -0.0856. The number of carbonyl (C=O) groups is 1. The van der Waals surface area contributed by atoms with Gasteiger partial charge in [-0.2, -0.15) is 0 Å². The van der Waals surface area contributed by atoms with Gasteiger partial charge in [0.15, 0.2) is 0 Å². The lowest BCUT2D eigenvalue weighted by Crippen LogP contribution is -2.30. The van der Waals surface area contributed by atoms with Crippen molar-refractivity contribution >= 4 is 40.1 Å². The molecule has 84 valence electrons. The van der Waals surface area contributed by atoms with Crippen LogP contribution < -0.4 is 0 Å². The highest BCUT2D eigenvalue weighted by atomic mass is 127. The Hall–Kier alpha value is -0.770. The highest BCUT2D eigenvalue weighted by molar-refractivity contribution is 14.1. The molecule has 0 aromatic heterocycles. The molecule has 0 radical (unpaired) electrons. The van der Waals surface area contributed by atoms with Gasteiger partial charge in [-0.05, 0) is 28.2 Å². The van der Waals surface area contributed by atoms with Crippen LogP contribution in [0, 0.1) is 9.85 Å². The van der Waals surface area contributed by atoms with Gasteiger partial charge in [0.2, 0.25) is 0 Å². The summed E-state index contributed by atoms with van der Waals surface area (Å²) >= 11 is 7.64. The summed E-state index contributed by atoms with van der Waals surface area (Å²) in [7, 11) is 1.43. The summed E-state index contributed by atoms with van der Waals surface area (Å²) in [5, 5.41) is 1.78. The van der Waals surface area contributed by atoms with E-state index in [-0.39, 0.29) is 12.5 Å². The van der Waals surface area contributed by atoms with E-state index in [1.807, 2.05) is 22.6 Å². The van der Waals surface area contributed by atoms with Gasteiger partial charge in [0.25, 0.3) is 5.91 Å². The molecule has 1 aromatic rings. The highest BCUT2D eigenvalue weighted by Gasteiger charge is 2.14. The number of hydrogen-bond donors (Lipinski definition) is 0. The standard InChI is InChI=1S/C11H9ClINO2/c1-16-14(8-2-7-13)11(15)9-3-5-10(12)6-4-9/h3-6H,8H2,1H3. The zero-order valence-electron chi connectivity index (χ0n) is 8.54. The molecule has 0 saturated carbocycles. The van der Waals surface area contributed by atoms with Gasteiger partial charge in [-0.1, -0.05) is 17.5 Å². The van der Waals surface area contributed by atoms with Crippen LogP contribution in [0.25, 0.3) is 0 Å². The maximum absolute atomic E-state index is 11.9. The molecule has 0 unspecified atom stereocenters. The molecule has 0 N–H and O–H groups in total. The van der Waals surface area contributed by atoms with Crippen LogP contribution in [-0.4, -0.2) is 24.6 Å². The number of hydroxylamine groups is 2. The number of nitrogens with zero attached hydrogens (tertiary/aromatic N) is 1. The van der Waals surface area contributed by atoms with Gasteiger partial charge in [-0.15, -0.1) is 0 Å². The molecular formula is C11H9ClINO2. The molecule has 0 aliphatic heterocycles. The second kappa shape index (κ2) is 6.74. The number of hydrogen-bond acceptors (Lipinski definition) is 2. The SMILES string of the molecule is CON(CC#CI)C(=O)c1ccc(Cl)cc1. The van der Waals surface area contributed by atoms with Gasteiger partial charge in [-0.25, -0.2) is 5.06 Å². The average Bonchev–Trinajstić information content (AvgIpc) is 2.30. The Labute approximate surface area is 113 Å². The third-order valence-electron chi connectivity index (χ3n) is 1.83. The van der Waals surface area contributed by atoms with Crippen LogP contribution in [0.3, 0.4) is 0 Å². The van der Waals surface area contributed by atoms with Crippen LogP contribution in [0.15, 0.2) is 24.3 Å².